The maximum absolute atomic E-state index is 12.0. The van der Waals surface area contributed by atoms with Crippen LogP contribution in [0.25, 0.3) is 0 Å². The standard InChI is InChI=1S/C14H19N3O/c15-13(18)14(16-11-5-2-1-3-6-11)8-10-17-9-4-7-12(14)17/h1-3,5-6,12,16H,4,7-10H2,(H2,15,18). The summed E-state index contributed by atoms with van der Waals surface area (Å²) in [5.41, 5.74) is 6.10. The first-order chi connectivity index (χ1) is 8.72. The molecule has 2 unspecified atom stereocenters. The van der Waals surface area contributed by atoms with Crippen molar-refractivity contribution >= 4 is 11.6 Å². The number of fused-ring (bicyclic) bond motifs is 1. The molecule has 2 atom stereocenters. The van der Waals surface area contributed by atoms with E-state index in [4.69, 9.17) is 5.73 Å². The number of nitrogens with two attached hydrogens (primary N) is 1. The Balaban J connectivity index is 1.90. The van der Waals surface area contributed by atoms with E-state index in [2.05, 4.69) is 10.2 Å². The molecule has 2 aliphatic heterocycles. The summed E-state index contributed by atoms with van der Waals surface area (Å²) in [6.45, 7) is 2.06. The zero-order valence-electron chi connectivity index (χ0n) is 10.4. The Bertz CT molecular complexity index is 448. The van der Waals surface area contributed by atoms with Crippen LogP contribution < -0.4 is 11.1 Å². The van der Waals surface area contributed by atoms with Gasteiger partial charge in [0.15, 0.2) is 0 Å². The Morgan fingerprint density at radius 1 is 1.33 bits per heavy atom. The van der Waals surface area contributed by atoms with E-state index in [1.54, 1.807) is 0 Å². The van der Waals surface area contributed by atoms with Crippen molar-refractivity contribution in [3.8, 4) is 0 Å². The predicted octanol–water partition coefficient (Wildman–Crippen LogP) is 1.19. The zero-order valence-corrected chi connectivity index (χ0v) is 10.4. The fourth-order valence-electron chi connectivity index (χ4n) is 3.41. The highest BCUT2D eigenvalue weighted by molar-refractivity contribution is 5.89. The van der Waals surface area contributed by atoms with E-state index in [1.807, 2.05) is 30.3 Å². The SMILES string of the molecule is NC(=O)C1(Nc2ccccc2)CCN2CCCC21. The number of carbonyl (C=O) groups is 1. The highest BCUT2D eigenvalue weighted by atomic mass is 16.1. The van der Waals surface area contributed by atoms with Crippen LogP contribution in [0.15, 0.2) is 30.3 Å². The second kappa shape index (κ2) is 4.28. The second-order valence-corrected chi connectivity index (χ2v) is 5.27. The van der Waals surface area contributed by atoms with Gasteiger partial charge >= 0.3 is 0 Å². The van der Waals surface area contributed by atoms with Crippen LogP contribution in [0.4, 0.5) is 5.69 Å². The molecule has 1 amide bonds. The van der Waals surface area contributed by atoms with Crippen LogP contribution in [0.2, 0.25) is 0 Å². The van der Waals surface area contributed by atoms with Crippen LogP contribution in [0.3, 0.4) is 0 Å². The average molecular weight is 245 g/mol. The van der Waals surface area contributed by atoms with Gasteiger partial charge in [0, 0.05) is 18.3 Å². The number of hydrogen-bond donors (Lipinski definition) is 2. The second-order valence-electron chi connectivity index (χ2n) is 5.27. The summed E-state index contributed by atoms with van der Waals surface area (Å²) >= 11 is 0. The lowest BCUT2D eigenvalue weighted by Gasteiger charge is -2.34. The first-order valence-electron chi connectivity index (χ1n) is 6.59. The first kappa shape index (κ1) is 11.5. The minimum atomic E-state index is -0.585. The third-order valence-corrected chi connectivity index (χ3v) is 4.31. The summed E-state index contributed by atoms with van der Waals surface area (Å²) in [7, 11) is 0. The number of nitrogens with zero attached hydrogens (tertiary/aromatic N) is 1. The lowest BCUT2D eigenvalue weighted by atomic mass is 9.87. The molecule has 0 radical (unpaired) electrons. The van der Waals surface area contributed by atoms with Gasteiger partial charge < -0.3 is 11.1 Å². The summed E-state index contributed by atoms with van der Waals surface area (Å²) in [6, 6.07) is 10.1. The fraction of sp³-hybridized carbons (Fsp3) is 0.500. The van der Waals surface area contributed by atoms with Crippen LogP contribution in [-0.2, 0) is 4.79 Å². The molecule has 0 aromatic heterocycles. The summed E-state index contributed by atoms with van der Waals surface area (Å²) in [6.07, 6.45) is 3.03. The van der Waals surface area contributed by atoms with Crippen LogP contribution in [0.1, 0.15) is 19.3 Å². The molecule has 0 bridgehead atoms. The monoisotopic (exact) mass is 245 g/mol. The van der Waals surface area contributed by atoms with Crippen molar-refractivity contribution in [2.24, 2.45) is 5.73 Å². The number of nitrogens with one attached hydrogen (secondary N) is 1. The highest BCUT2D eigenvalue weighted by Gasteiger charge is 2.53. The zero-order chi connectivity index (χ0) is 12.6. The molecule has 2 fully saturated rings. The number of primary amides is 1. The number of carbonyl (C=O) groups excluding carboxylic acids is 1. The maximum atomic E-state index is 12.0. The third-order valence-electron chi connectivity index (χ3n) is 4.31. The Labute approximate surface area is 107 Å². The molecule has 1 aromatic carbocycles. The molecule has 2 saturated heterocycles. The molecule has 2 aliphatic rings. The van der Waals surface area contributed by atoms with Crippen molar-refractivity contribution in [2.75, 3.05) is 18.4 Å². The third kappa shape index (κ3) is 1.68. The summed E-state index contributed by atoms with van der Waals surface area (Å²) < 4.78 is 0. The number of benzene rings is 1. The van der Waals surface area contributed by atoms with Gasteiger partial charge in [-0.3, -0.25) is 9.69 Å². The average Bonchev–Trinajstić information content (AvgIpc) is 2.94. The quantitative estimate of drug-likeness (QED) is 0.841. The van der Waals surface area contributed by atoms with E-state index < -0.39 is 5.54 Å². The topological polar surface area (TPSA) is 58.4 Å². The normalized spacial score (nSPS) is 31.2. The summed E-state index contributed by atoms with van der Waals surface area (Å²) in [5, 5.41) is 3.41. The van der Waals surface area contributed by atoms with E-state index in [0.717, 1.165) is 38.0 Å². The maximum Gasteiger partial charge on any atom is 0.244 e. The van der Waals surface area contributed by atoms with Crippen LogP contribution in [0, 0.1) is 0 Å². The molecule has 4 nitrogen and oxygen atoms in total. The van der Waals surface area contributed by atoms with Gasteiger partial charge in [0.25, 0.3) is 0 Å². The number of para-hydroxylation sites is 1. The first-order valence-corrected chi connectivity index (χ1v) is 6.59. The van der Waals surface area contributed by atoms with Gasteiger partial charge in [-0.1, -0.05) is 18.2 Å². The lowest BCUT2D eigenvalue weighted by Crippen LogP contribution is -2.57. The van der Waals surface area contributed by atoms with Gasteiger partial charge in [-0.25, -0.2) is 0 Å². The van der Waals surface area contributed by atoms with Gasteiger partial charge in [-0.15, -0.1) is 0 Å². The van der Waals surface area contributed by atoms with E-state index >= 15 is 0 Å². The van der Waals surface area contributed by atoms with Gasteiger partial charge in [-0.2, -0.15) is 0 Å². The fourth-order valence-corrected chi connectivity index (χ4v) is 3.41. The van der Waals surface area contributed by atoms with Gasteiger partial charge in [0.1, 0.15) is 5.54 Å². The van der Waals surface area contributed by atoms with Crippen molar-refractivity contribution in [1.82, 2.24) is 4.90 Å². The molecular weight excluding hydrogens is 226 g/mol. The molecule has 2 heterocycles. The molecule has 0 spiro atoms. The Hall–Kier alpha value is -1.55. The van der Waals surface area contributed by atoms with Crippen molar-refractivity contribution in [2.45, 2.75) is 30.8 Å². The van der Waals surface area contributed by atoms with Crippen molar-refractivity contribution < 1.29 is 4.79 Å². The number of hydrogen-bond acceptors (Lipinski definition) is 3. The van der Waals surface area contributed by atoms with E-state index in [-0.39, 0.29) is 11.9 Å². The molecule has 4 heteroatoms. The predicted molar refractivity (Wildman–Crippen MR) is 71.2 cm³/mol. The van der Waals surface area contributed by atoms with Crippen molar-refractivity contribution in [3.05, 3.63) is 30.3 Å². The number of rotatable bonds is 3. The summed E-state index contributed by atoms with van der Waals surface area (Å²) in [5.74, 6) is -0.222. The van der Waals surface area contributed by atoms with Crippen LogP contribution in [0.5, 0.6) is 0 Å². The van der Waals surface area contributed by atoms with Crippen LogP contribution in [-0.4, -0.2) is 35.5 Å². The largest absolute Gasteiger partial charge is 0.370 e. The molecular formula is C14H19N3O. The molecule has 96 valence electrons. The minimum Gasteiger partial charge on any atom is -0.370 e. The molecule has 18 heavy (non-hydrogen) atoms. The molecule has 0 saturated carbocycles. The highest BCUT2D eigenvalue weighted by Crippen LogP contribution is 2.38. The Morgan fingerprint density at radius 2 is 2.11 bits per heavy atom. The molecule has 3 N–H and O–H groups in total. The molecule has 0 aliphatic carbocycles. The van der Waals surface area contributed by atoms with Gasteiger partial charge in [0.2, 0.25) is 5.91 Å². The Morgan fingerprint density at radius 3 is 2.83 bits per heavy atom. The van der Waals surface area contributed by atoms with E-state index in [0.29, 0.717) is 0 Å². The van der Waals surface area contributed by atoms with E-state index in [1.165, 1.54) is 0 Å². The minimum absolute atomic E-state index is 0.222. The molecule has 1 aromatic rings. The Kier molecular flexibility index (Phi) is 2.74. The van der Waals surface area contributed by atoms with Gasteiger partial charge in [0.05, 0.1) is 0 Å². The van der Waals surface area contributed by atoms with Crippen LogP contribution >= 0.6 is 0 Å². The molecule has 3 rings (SSSR count). The lowest BCUT2D eigenvalue weighted by molar-refractivity contribution is -0.122. The van der Waals surface area contributed by atoms with Crippen molar-refractivity contribution in [3.63, 3.8) is 0 Å². The van der Waals surface area contributed by atoms with E-state index in [9.17, 15) is 4.79 Å². The van der Waals surface area contributed by atoms with Gasteiger partial charge in [-0.05, 0) is 37.9 Å². The van der Waals surface area contributed by atoms with Crippen molar-refractivity contribution in [1.29, 1.82) is 0 Å². The smallest absolute Gasteiger partial charge is 0.244 e. The summed E-state index contributed by atoms with van der Waals surface area (Å²) in [4.78, 5) is 14.4. The number of anilines is 1. The number of amides is 1.